The van der Waals surface area contributed by atoms with Crippen molar-refractivity contribution in [1.29, 1.82) is 5.26 Å². The molecule has 38 heavy (non-hydrogen) atoms. The van der Waals surface area contributed by atoms with Gasteiger partial charge in [0.25, 0.3) is 0 Å². The van der Waals surface area contributed by atoms with Gasteiger partial charge in [-0.3, -0.25) is 4.90 Å². The minimum atomic E-state index is -0.636. The van der Waals surface area contributed by atoms with Crippen LogP contribution in [0.1, 0.15) is 58.6 Å². The van der Waals surface area contributed by atoms with Gasteiger partial charge in [0.1, 0.15) is 12.2 Å². The van der Waals surface area contributed by atoms with E-state index in [1.165, 1.54) is 6.07 Å². The molecule has 1 saturated carbocycles. The number of nitrogens with one attached hydrogen (secondary N) is 1. The average Bonchev–Trinajstić information content (AvgIpc) is 3.52. The zero-order valence-corrected chi connectivity index (χ0v) is 23.5. The predicted molar refractivity (Wildman–Crippen MR) is 150 cm³/mol. The number of aryl methyl sites for hydroxylation is 1. The van der Waals surface area contributed by atoms with Gasteiger partial charge in [0.15, 0.2) is 16.7 Å². The number of thiocarbonyl (C=S) groups is 1. The molecule has 0 spiro atoms. The number of carbonyl (C=O) groups excluding carboxylic acids is 1. The van der Waals surface area contributed by atoms with Crippen LogP contribution in [0.25, 0.3) is 0 Å². The fraction of sp³-hybridized carbons (Fsp3) is 0.414. The summed E-state index contributed by atoms with van der Waals surface area (Å²) in [5.41, 5.74) is 1.72. The van der Waals surface area contributed by atoms with E-state index in [9.17, 15) is 10.1 Å². The van der Waals surface area contributed by atoms with E-state index in [4.69, 9.17) is 21.7 Å². The molecule has 0 atom stereocenters. The number of ether oxygens (including phenoxy) is 2. The third kappa shape index (κ3) is 5.32. The van der Waals surface area contributed by atoms with E-state index in [1.807, 2.05) is 42.7 Å². The first-order valence-electron chi connectivity index (χ1n) is 12.5. The van der Waals surface area contributed by atoms with Gasteiger partial charge < -0.3 is 19.7 Å². The number of alkyl carbamates (subject to hydrolysis) is 1. The lowest BCUT2D eigenvalue weighted by Gasteiger charge is -2.31. The van der Waals surface area contributed by atoms with Gasteiger partial charge in [-0.25, -0.2) is 9.18 Å². The van der Waals surface area contributed by atoms with Crippen LogP contribution in [-0.4, -0.2) is 34.5 Å². The van der Waals surface area contributed by atoms with Crippen molar-refractivity contribution in [2.24, 2.45) is 0 Å². The Hall–Kier alpha value is -3.64. The van der Waals surface area contributed by atoms with Gasteiger partial charge in [0, 0.05) is 23.1 Å². The van der Waals surface area contributed by atoms with Crippen LogP contribution in [0.3, 0.4) is 0 Å². The molecule has 7 nitrogen and oxygen atoms in total. The third-order valence-electron chi connectivity index (χ3n) is 6.80. The Bertz CT molecular complexity index is 1350. The maximum atomic E-state index is 15.2. The molecule has 1 saturated heterocycles. The number of benzene rings is 2. The van der Waals surface area contributed by atoms with Gasteiger partial charge in [-0.1, -0.05) is 6.58 Å². The molecule has 9 heteroatoms. The van der Waals surface area contributed by atoms with Crippen LogP contribution in [0.2, 0.25) is 0 Å². The second-order valence-corrected chi connectivity index (χ2v) is 11.7. The Morgan fingerprint density at radius 2 is 1.87 bits per heavy atom. The van der Waals surface area contributed by atoms with E-state index in [0.717, 1.165) is 29.8 Å². The smallest absolute Gasteiger partial charge is 0.408 e. The van der Waals surface area contributed by atoms with Gasteiger partial charge in [0.05, 0.1) is 22.7 Å². The molecule has 2 fully saturated rings. The number of nitriles is 1. The minimum absolute atomic E-state index is 0.0901. The lowest BCUT2D eigenvalue weighted by Crippen LogP contribution is -2.44. The second-order valence-electron chi connectivity index (χ2n) is 11.4. The topological polar surface area (TPSA) is 77.8 Å². The minimum Gasteiger partial charge on any atom is -0.488 e. The van der Waals surface area contributed by atoms with Crippen LogP contribution in [0.5, 0.6) is 5.75 Å². The van der Waals surface area contributed by atoms with Crippen molar-refractivity contribution in [1.82, 2.24) is 5.32 Å². The van der Waals surface area contributed by atoms with Gasteiger partial charge in [0.2, 0.25) is 0 Å². The normalized spacial score (nSPS) is 17.7. The largest absolute Gasteiger partial charge is 0.488 e. The van der Waals surface area contributed by atoms with Crippen molar-refractivity contribution in [3.8, 4) is 11.8 Å². The van der Waals surface area contributed by atoms with Gasteiger partial charge >= 0.3 is 6.09 Å². The summed E-state index contributed by atoms with van der Waals surface area (Å²) in [5.74, 6) is -0.445. The lowest BCUT2D eigenvalue weighted by atomic mass is 9.99. The molecule has 0 radical (unpaired) electrons. The molecule has 1 aliphatic heterocycles. The number of nitrogens with zero attached hydrogens (tertiary/aromatic N) is 3. The van der Waals surface area contributed by atoms with E-state index < -0.39 is 28.6 Å². The Labute approximate surface area is 228 Å². The van der Waals surface area contributed by atoms with Crippen LogP contribution in [-0.2, 0) is 4.74 Å². The molecule has 1 N–H and O–H groups in total. The first kappa shape index (κ1) is 27.4. The van der Waals surface area contributed by atoms with Crippen molar-refractivity contribution >= 4 is 34.8 Å². The number of anilines is 2. The highest BCUT2D eigenvalue weighted by atomic mass is 32.1. The summed E-state index contributed by atoms with van der Waals surface area (Å²) in [6.07, 6.45) is 0.950. The zero-order chi connectivity index (χ0) is 28.0. The maximum absolute atomic E-state index is 15.2. The highest BCUT2D eigenvalue weighted by molar-refractivity contribution is 7.80. The second kappa shape index (κ2) is 9.59. The number of carbonyl (C=O) groups is 1. The zero-order valence-electron chi connectivity index (χ0n) is 22.6. The van der Waals surface area contributed by atoms with Gasteiger partial charge in [-0.2, -0.15) is 5.26 Å². The Morgan fingerprint density at radius 3 is 2.42 bits per heavy atom. The van der Waals surface area contributed by atoms with E-state index in [-0.39, 0.29) is 12.4 Å². The van der Waals surface area contributed by atoms with Crippen LogP contribution >= 0.6 is 12.2 Å². The maximum Gasteiger partial charge on any atom is 0.408 e. The molecule has 200 valence electrons. The van der Waals surface area contributed by atoms with Gasteiger partial charge in [-0.05, 0) is 102 Å². The lowest BCUT2D eigenvalue weighted by molar-refractivity contribution is 0.0476. The third-order valence-corrected chi connectivity index (χ3v) is 7.17. The number of amides is 1. The van der Waals surface area contributed by atoms with Gasteiger partial charge in [-0.15, -0.1) is 0 Å². The molecule has 2 aromatic rings. The predicted octanol–water partition coefficient (Wildman–Crippen LogP) is 6.35. The molecule has 0 aromatic heterocycles. The molecular weight excluding hydrogens is 503 g/mol. The molecule has 2 aliphatic rings. The fourth-order valence-corrected chi connectivity index (χ4v) is 4.96. The van der Waals surface area contributed by atoms with E-state index in [0.29, 0.717) is 16.4 Å². The number of rotatable bonds is 6. The summed E-state index contributed by atoms with van der Waals surface area (Å²) in [4.78, 5) is 15.9. The van der Waals surface area contributed by atoms with Crippen LogP contribution in [0.15, 0.2) is 48.7 Å². The van der Waals surface area contributed by atoms with E-state index in [2.05, 4.69) is 18.0 Å². The van der Waals surface area contributed by atoms with Crippen LogP contribution in [0, 0.1) is 24.1 Å². The summed E-state index contributed by atoms with van der Waals surface area (Å²) in [6.45, 7) is 15.6. The SMILES string of the molecule is C=C1N(c2ccc(C#N)c(C)c2)C(=S)N(c2ccc(OCC3(NC(=O)OC(C)(C)C)CC3)c(F)c2)C1(C)C. The molecule has 2 aromatic carbocycles. The number of halogens is 1. The van der Waals surface area contributed by atoms with Crippen molar-refractivity contribution in [3.05, 3.63) is 65.6 Å². The molecule has 4 rings (SSSR count). The van der Waals surface area contributed by atoms with Crippen molar-refractivity contribution in [2.45, 2.75) is 71.1 Å². The molecular formula is C29H33FN4O3S. The van der Waals surface area contributed by atoms with Crippen molar-refractivity contribution in [3.63, 3.8) is 0 Å². The summed E-state index contributed by atoms with van der Waals surface area (Å²) >= 11 is 5.84. The number of hydrogen-bond donors (Lipinski definition) is 1. The first-order valence-corrected chi connectivity index (χ1v) is 12.9. The summed E-state index contributed by atoms with van der Waals surface area (Å²) in [6, 6.07) is 12.4. The fourth-order valence-electron chi connectivity index (χ4n) is 4.41. The highest BCUT2D eigenvalue weighted by Gasteiger charge is 2.47. The molecule has 1 aliphatic carbocycles. The quantitative estimate of drug-likeness (QED) is 0.431. The summed E-state index contributed by atoms with van der Waals surface area (Å²) in [7, 11) is 0. The Balaban J connectivity index is 1.51. The first-order chi connectivity index (χ1) is 17.7. The average molecular weight is 537 g/mol. The Kier molecular flexibility index (Phi) is 6.91. The van der Waals surface area contributed by atoms with Crippen LogP contribution < -0.4 is 19.9 Å². The monoisotopic (exact) mass is 536 g/mol. The Morgan fingerprint density at radius 1 is 1.21 bits per heavy atom. The van der Waals surface area contributed by atoms with Crippen LogP contribution in [0.4, 0.5) is 20.6 Å². The summed E-state index contributed by atoms with van der Waals surface area (Å²) in [5, 5.41) is 12.6. The van der Waals surface area contributed by atoms with Crippen molar-refractivity contribution < 1.29 is 18.7 Å². The standard InChI is InChI=1S/C29H33FN4O3S/c1-18-14-21(9-8-20(18)16-31)33-19(2)28(6,7)34(26(33)38)22-10-11-24(23(30)15-22)36-17-29(12-13-29)32-25(35)37-27(3,4)5/h8-11,14-15H,2,12-13,17H2,1,3-7H3,(H,32,35). The summed E-state index contributed by atoms with van der Waals surface area (Å²) < 4.78 is 26.4. The number of hydrogen-bond acceptors (Lipinski definition) is 5. The molecule has 0 bridgehead atoms. The van der Waals surface area contributed by atoms with E-state index >= 15 is 4.39 Å². The van der Waals surface area contributed by atoms with E-state index in [1.54, 1.807) is 39.0 Å². The van der Waals surface area contributed by atoms with Crippen molar-refractivity contribution in [2.75, 3.05) is 16.4 Å². The molecule has 1 amide bonds. The molecule has 0 unspecified atom stereocenters. The molecule has 1 heterocycles. The highest BCUT2D eigenvalue weighted by Crippen LogP contribution is 2.43.